The van der Waals surface area contributed by atoms with E-state index in [1.165, 1.54) is 17.4 Å². The first-order chi connectivity index (χ1) is 13.0. The monoisotopic (exact) mass is 383 g/mol. The number of fused-ring (bicyclic) bond motifs is 1. The van der Waals surface area contributed by atoms with Gasteiger partial charge in [0, 0.05) is 37.0 Å². The summed E-state index contributed by atoms with van der Waals surface area (Å²) >= 11 is 1.53. The first-order valence-corrected chi connectivity index (χ1v) is 9.35. The summed E-state index contributed by atoms with van der Waals surface area (Å²) in [7, 11) is 1.86. The van der Waals surface area contributed by atoms with Crippen LogP contribution in [0.1, 0.15) is 21.7 Å². The van der Waals surface area contributed by atoms with Gasteiger partial charge in [0.05, 0.1) is 23.1 Å². The topological polar surface area (TPSA) is 68.0 Å². The van der Waals surface area contributed by atoms with Gasteiger partial charge >= 0.3 is 0 Å². The van der Waals surface area contributed by atoms with Crippen molar-refractivity contribution >= 4 is 17.1 Å². The number of benzene rings is 1. The summed E-state index contributed by atoms with van der Waals surface area (Å²) in [6.07, 6.45) is 4.44. The van der Waals surface area contributed by atoms with Gasteiger partial charge in [0.2, 0.25) is 0 Å². The molecule has 1 aromatic carbocycles. The number of aromatic nitrogens is 3. The molecule has 0 bridgehead atoms. The van der Waals surface area contributed by atoms with Crippen LogP contribution in [0.4, 0.5) is 4.39 Å². The number of hydrogen-bond acceptors (Lipinski definition) is 5. The van der Waals surface area contributed by atoms with Crippen molar-refractivity contribution in [3.05, 3.63) is 70.3 Å². The highest BCUT2D eigenvalue weighted by Crippen LogP contribution is 2.45. The molecular formula is C20H18FN3O2S. The predicted octanol–water partition coefficient (Wildman–Crippen LogP) is 3.67. The summed E-state index contributed by atoms with van der Waals surface area (Å²) in [6.45, 7) is 1.68. The number of carbonyl (C=O) groups excluding carboxylic acids is 1. The number of aliphatic hydroxyl groups is 1. The average molecular weight is 383 g/mol. The number of aryl methyl sites for hydroxylation is 1. The molecule has 1 aliphatic rings. The van der Waals surface area contributed by atoms with Gasteiger partial charge in [-0.3, -0.25) is 9.48 Å². The van der Waals surface area contributed by atoms with Gasteiger partial charge in [-0.25, -0.2) is 9.37 Å². The lowest BCUT2D eigenvalue weighted by Crippen LogP contribution is -2.37. The summed E-state index contributed by atoms with van der Waals surface area (Å²) < 4.78 is 16.0. The van der Waals surface area contributed by atoms with Gasteiger partial charge in [-0.05, 0) is 30.2 Å². The minimum absolute atomic E-state index is 0.244. The van der Waals surface area contributed by atoms with E-state index in [1.807, 2.05) is 13.1 Å². The number of ketones is 1. The number of aliphatic hydroxyl groups excluding tert-OH is 1. The van der Waals surface area contributed by atoms with Gasteiger partial charge in [-0.2, -0.15) is 5.10 Å². The highest BCUT2D eigenvalue weighted by Gasteiger charge is 2.47. The molecule has 3 aromatic rings. The zero-order valence-electron chi connectivity index (χ0n) is 14.9. The second-order valence-electron chi connectivity index (χ2n) is 6.76. The van der Waals surface area contributed by atoms with Gasteiger partial charge in [0.1, 0.15) is 10.8 Å². The molecule has 2 heterocycles. The van der Waals surface area contributed by atoms with Crippen LogP contribution in [-0.2, 0) is 30.1 Å². The molecule has 5 nitrogen and oxygen atoms in total. The first kappa shape index (κ1) is 17.6. The van der Waals surface area contributed by atoms with E-state index in [9.17, 15) is 9.18 Å². The maximum absolute atomic E-state index is 14.2. The van der Waals surface area contributed by atoms with Crippen molar-refractivity contribution in [1.82, 2.24) is 14.8 Å². The third kappa shape index (κ3) is 2.70. The molecule has 27 heavy (non-hydrogen) atoms. The van der Waals surface area contributed by atoms with Gasteiger partial charge in [-0.15, -0.1) is 11.3 Å². The van der Waals surface area contributed by atoms with Crippen molar-refractivity contribution in [2.45, 2.75) is 25.2 Å². The van der Waals surface area contributed by atoms with E-state index in [0.717, 1.165) is 33.6 Å². The second kappa shape index (κ2) is 6.42. The van der Waals surface area contributed by atoms with Crippen molar-refractivity contribution in [3.63, 3.8) is 0 Å². The molecule has 1 N–H and O–H groups in total. The van der Waals surface area contributed by atoms with Crippen LogP contribution in [0.3, 0.4) is 0 Å². The molecule has 0 saturated carbocycles. The van der Waals surface area contributed by atoms with Crippen molar-refractivity contribution in [2.24, 2.45) is 7.05 Å². The normalized spacial score (nSPS) is 18.9. The molecule has 0 unspecified atom stereocenters. The van der Waals surface area contributed by atoms with E-state index in [0.29, 0.717) is 24.0 Å². The van der Waals surface area contributed by atoms with Gasteiger partial charge < -0.3 is 5.11 Å². The molecule has 0 aliphatic heterocycles. The Labute approximate surface area is 159 Å². The maximum Gasteiger partial charge on any atom is 0.170 e. The fraction of sp³-hybridized carbons (Fsp3) is 0.250. The minimum atomic E-state index is -0.940. The fourth-order valence-corrected chi connectivity index (χ4v) is 5.07. The van der Waals surface area contributed by atoms with Crippen molar-refractivity contribution in [1.29, 1.82) is 0 Å². The van der Waals surface area contributed by atoms with Crippen molar-refractivity contribution in [3.8, 4) is 10.7 Å². The minimum Gasteiger partial charge on any atom is -0.515 e. The number of carbonyl (C=O) groups is 1. The molecule has 7 heteroatoms. The predicted molar refractivity (Wildman–Crippen MR) is 101 cm³/mol. The molecule has 0 fully saturated rings. The summed E-state index contributed by atoms with van der Waals surface area (Å²) in [6, 6.07) is 6.70. The lowest BCUT2D eigenvalue weighted by Gasteiger charge is -2.28. The number of thiazole rings is 1. The van der Waals surface area contributed by atoms with Crippen LogP contribution in [0.15, 0.2) is 42.8 Å². The van der Waals surface area contributed by atoms with Gasteiger partial charge in [0.25, 0.3) is 0 Å². The average Bonchev–Trinajstić information content (AvgIpc) is 3.30. The maximum atomic E-state index is 14.2. The van der Waals surface area contributed by atoms with Crippen molar-refractivity contribution in [2.75, 3.05) is 0 Å². The standard InChI is InChI=1S/C20H18FN3O2S/c1-12-13(4-3-5-14(12)21)20(18(26)7-9-25)10-15-17(11-20)27-19(23-15)16-6-8-22-24(16)2/h3-9,25H,10-11H2,1-2H3/b9-7+/t20-/m1/s1. The molecular weight excluding hydrogens is 365 g/mol. The van der Waals surface area contributed by atoms with Crippen LogP contribution in [0.5, 0.6) is 0 Å². The van der Waals surface area contributed by atoms with E-state index in [1.54, 1.807) is 29.9 Å². The van der Waals surface area contributed by atoms with Gasteiger partial charge in [0.15, 0.2) is 5.78 Å². The number of rotatable bonds is 4. The highest BCUT2D eigenvalue weighted by molar-refractivity contribution is 7.15. The van der Waals surface area contributed by atoms with E-state index in [4.69, 9.17) is 10.1 Å². The Morgan fingerprint density at radius 1 is 1.37 bits per heavy atom. The lowest BCUT2D eigenvalue weighted by molar-refractivity contribution is -0.119. The molecule has 1 aliphatic carbocycles. The lowest BCUT2D eigenvalue weighted by atomic mass is 9.73. The van der Waals surface area contributed by atoms with Crippen molar-refractivity contribution < 1.29 is 14.3 Å². The summed E-state index contributed by atoms with van der Waals surface area (Å²) in [5.74, 6) is -0.586. The van der Waals surface area contributed by atoms with E-state index >= 15 is 0 Å². The highest BCUT2D eigenvalue weighted by atomic mass is 32.1. The number of nitrogens with zero attached hydrogens (tertiary/aromatic N) is 3. The van der Waals surface area contributed by atoms with Crippen LogP contribution in [0.2, 0.25) is 0 Å². The third-order valence-corrected chi connectivity index (χ3v) is 6.35. The molecule has 138 valence electrons. The number of halogens is 1. The van der Waals surface area contributed by atoms with Gasteiger partial charge in [-0.1, -0.05) is 12.1 Å². The number of allylic oxidation sites excluding steroid dienone is 1. The Bertz CT molecular complexity index is 1040. The van der Waals surface area contributed by atoms with E-state index < -0.39 is 5.41 Å². The Hall–Kier alpha value is -2.80. The molecule has 4 rings (SSSR count). The zero-order chi connectivity index (χ0) is 19.2. The first-order valence-electron chi connectivity index (χ1n) is 8.54. The van der Waals surface area contributed by atoms with Crippen LogP contribution in [0, 0.1) is 12.7 Å². The molecule has 0 spiro atoms. The Kier molecular flexibility index (Phi) is 4.19. The third-order valence-electron chi connectivity index (χ3n) is 5.23. The Morgan fingerprint density at radius 2 is 2.19 bits per heavy atom. The second-order valence-corrected chi connectivity index (χ2v) is 7.84. The summed E-state index contributed by atoms with van der Waals surface area (Å²) in [5, 5.41) is 14.2. The molecule has 1 atom stereocenters. The molecule has 2 aromatic heterocycles. The zero-order valence-corrected chi connectivity index (χ0v) is 15.8. The van der Waals surface area contributed by atoms with Crippen LogP contribution < -0.4 is 0 Å². The SMILES string of the molecule is Cc1c(F)cccc1[C@@]1(C(=O)/C=C/O)Cc2nc(-c3ccnn3C)sc2C1. The molecule has 0 saturated heterocycles. The van der Waals surface area contributed by atoms with Crippen LogP contribution in [-0.4, -0.2) is 25.7 Å². The molecule has 0 radical (unpaired) electrons. The van der Waals surface area contributed by atoms with Crippen LogP contribution in [0.25, 0.3) is 10.7 Å². The largest absolute Gasteiger partial charge is 0.515 e. The van der Waals surface area contributed by atoms with E-state index in [-0.39, 0.29) is 11.6 Å². The number of hydrogen-bond donors (Lipinski definition) is 1. The quantitative estimate of drug-likeness (QED) is 0.551. The summed E-state index contributed by atoms with van der Waals surface area (Å²) in [4.78, 5) is 18.7. The Morgan fingerprint density at radius 3 is 2.85 bits per heavy atom. The van der Waals surface area contributed by atoms with E-state index in [2.05, 4.69) is 5.10 Å². The Balaban J connectivity index is 1.80. The molecule has 0 amide bonds. The van der Waals surface area contributed by atoms with Crippen LogP contribution >= 0.6 is 11.3 Å². The fourth-order valence-electron chi connectivity index (χ4n) is 3.83. The summed E-state index contributed by atoms with van der Waals surface area (Å²) in [5.41, 5.74) is 1.94. The smallest absolute Gasteiger partial charge is 0.170 e.